The van der Waals surface area contributed by atoms with Gasteiger partial charge in [0.25, 0.3) is 0 Å². The van der Waals surface area contributed by atoms with Gasteiger partial charge in [-0.15, -0.1) is 12.4 Å². The molecule has 140 valence electrons. The predicted molar refractivity (Wildman–Crippen MR) is 100 cm³/mol. The van der Waals surface area contributed by atoms with Crippen LogP contribution in [0.4, 0.5) is 5.69 Å². The van der Waals surface area contributed by atoms with Gasteiger partial charge in [-0.3, -0.25) is 9.48 Å². The second-order valence-electron chi connectivity index (χ2n) is 6.70. The lowest BCUT2D eigenvalue weighted by Gasteiger charge is -2.17. The van der Waals surface area contributed by atoms with E-state index in [9.17, 15) is 13.2 Å². The predicted octanol–water partition coefficient (Wildman–Crippen LogP) is 1.11. The highest BCUT2D eigenvalue weighted by Crippen LogP contribution is 2.31. The first-order chi connectivity index (χ1) is 11.9. The zero-order valence-electron chi connectivity index (χ0n) is 14.3. The van der Waals surface area contributed by atoms with Crippen molar-refractivity contribution in [2.75, 3.05) is 24.2 Å². The van der Waals surface area contributed by atoms with Crippen LogP contribution in [0.15, 0.2) is 35.5 Å². The second kappa shape index (κ2) is 7.02. The molecule has 4 rings (SSSR count). The molecule has 0 radical (unpaired) electrons. The van der Waals surface area contributed by atoms with E-state index in [1.54, 1.807) is 29.1 Å². The number of hydrogen-bond donors (Lipinski definition) is 2. The summed E-state index contributed by atoms with van der Waals surface area (Å²) >= 11 is 0. The number of fused-ring (bicyclic) bond motifs is 1. The van der Waals surface area contributed by atoms with Crippen molar-refractivity contribution in [1.82, 2.24) is 15.1 Å². The van der Waals surface area contributed by atoms with Crippen molar-refractivity contribution >= 4 is 33.8 Å². The molecule has 0 spiro atoms. The van der Waals surface area contributed by atoms with Crippen LogP contribution in [0, 0.1) is 5.92 Å². The number of hydrogen-bond acceptors (Lipinski definition) is 5. The lowest BCUT2D eigenvalue weighted by molar-refractivity contribution is -0.119. The molecular weight excluding hydrogens is 376 g/mol. The maximum absolute atomic E-state index is 12.7. The third-order valence-electron chi connectivity index (χ3n) is 5.01. The minimum absolute atomic E-state index is 0. The Morgan fingerprint density at radius 3 is 2.88 bits per heavy atom. The minimum Gasteiger partial charge on any atom is -0.326 e. The Balaban J connectivity index is 0.00000196. The highest BCUT2D eigenvalue weighted by molar-refractivity contribution is 7.91. The van der Waals surface area contributed by atoms with Gasteiger partial charge in [-0.25, -0.2) is 8.42 Å². The molecule has 0 aliphatic carbocycles. The topological polar surface area (TPSA) is 93.1 Å². The fourth-order valence-corrected chi connectivity index (χ4v) is 5.24. The van der Waals surface area contributed by atoms with Crippen LogP contribution in [-0.4, -0.2) is 42.9 Å². The number of carbonyl (C=O) groups excluding carboxylic acids is 1. The number of benzene rings is 1. The van der Waals surface area contributed by atoms with Crippen LogP contribution in [-0.2, 0) is 28.1 Å². The molecule has 1 aromatic carbocycles. The molecular formula is C17H21ClN4O3S. The van der Waals surface area contributed by atoms with Gasteiger partial charge < -0.3 is 10.6 Å². The molecule has 0 unspecified atom stereocenters. The summed E-state index contributed by atoms with van der Waals surface area (Å²) in [6.45, 7) is 1.32. The van der Waals surface area contributed by atoms with Crippen molar-refractivity contribution in [2.24, 2.45) is 13.0 Å². The Bertz CT molecular complexity index is 941. The Morgan fingerprint density at radius 1 is 1.35 bits per heavy atom. The number of nitrogens with zero attached hydrogens (tertiary/aromatic N) is 2. The molecule has 2 aliphatic heterocycles. The van der Waals surface area contributed by atoms with E-state index in [1.807, 2.05) is 13.2 Å². The number of sulfone groups is 1. The highest BCUT2D eigenvalue weighted by Gasteiger charge is 2.35. The molecule has 2 N–H and O–H groups in total. The maximum Gasteiger partial charge on any atom is 0.229 e. The molecule has 9 heteroatoms. The number of halogens is 1. The van der Waals surface area contributed by atoms with Crippen LogP contribution in [0.1, 0.15) is 17.0 Å². The van der Waals surface area contributed by atoms with Crippen molar-refractivity contribution in [3.8, 4) is 0 Å². The Hall–Kier alpha value is -1.90. The number of amides is 1. The number of anilines is 1. The fraction of sp³-hybridized carbons (Fsp3) is 0.412. The van der Waals surface area contributed by atoms with Gasteiger partial charge in [0.05, 0.1) is 22.8 Å². The van der Waals surface area contributed by atoms with Crippen molar-refractivity contribution in [2.45, 2.75) is 17.2 Å². The lowest BCUT2D eigenvalue weighted by atomic mass is 9.90. The molecule has 0 saturated carbocycles. The van der Waals surface area contributed by atoms with Gasteiger partial charge in [0, 0.05) is 37.9 Å². The number of nitrogens with one attached hydrogen (secondary N) is 2. The zero-order valence-corrected chi connectivity index (χ0v) is 15.9. The number of aromatic nitrogens is 2. The monoisotopic (exact) mass is 396 g/mol. The largest absolute Gasteiger partial charge is 0.326 e. The summed E-state index contributed by atoms with van der Waals surface area (Å²) in [4.78, 5) is 13.1. The molecule has 1 fully saturated rings. The van der Waals surface area contributed by atoms with Crippen LogP contribution >= 0.6 is 12.4 Å². The highest BCUT2D eigenvalue weighted by atomic mass is 35.5. The molecule has 0 bridgehead atoms. The van der Waals surface area contributed by atoms with Gasteiger partial charge in [-0.1, -0.05) is 6.07 Å². The average Bonchev–Trinajstić information content (AvgIpc) is 3.27. The summed E-state index contributed by atoms with van der Waals surface area (Å²) in [7, 11) is -1.36. The summed E-state index contributed by atoms with van der Waals surface area (Å²) in [6.07, 6.45) is 4.27. The molecule has 1 saturated heterocycles. The minimum atomic E-state index is -3.21. The van der Waals surface area contributed by atoms with Crippen molar-refractivity contribution in [3.63, 3.8) is 0 Å². The van der Waals surface area contributed by atoms with Crippen LogP contribution in [0.2, 0.25) is 0 Å². The average molecular weight is 397 g/mol. The molecule has 2 aliphatic rings. The summed E-state index contributed by atoms with van der Waals surface area (Å²) in [5.74, 6) is -0.106. The Labute approximate surface area is 158 Å². The lowest BCUT2D eigenvalue weighted by Crippen LogP contribution is -2.28. The third-order valence-corrected chi connectivity index (χ3v) is 6.81. The van der Waals surface area contributed by atoms with Crippen LogP contribution in [0.25, 0.3) is 0 Å². The van der Waals surface area contributed by atoms with Gasteiger partial charge in [-0.2, -0.15) is 5.10 Å². The smallest absolute Gasteiger partial charge is 0.229 e. The number of aryl methyl sites for hydroxylation is 2. The molecule has 7 nitrogen and oxygen atoms in total. The van der Waals surface area contributed by atoms with E-state index >= 15 is 0 Å². The Morgan fingerprint density at radius 2 is 2.15 bits per heavy atom. The van der Waals surface area contributed by atoms with Crippen molar-refractivity contribution < 1.29 is 13.2 Å². The normalized spacial score (nSPS) is 23.3. The summed E-state index contributed by atoms with van der Waals surface area (Å²) in [5.41, 5.74) is 2.39. The number of carbonyl (C=O) groups is 1. The first-order valence-corrected chi connectivity index (χ1v) is 9.95. The van der Waals surface area contributed by atoms with E-state index in [2.05, 4.69) is 15.7 Å². The second-order valence-corrected chi connectivity index (χ2v) is 8.78. The molecule has 26 heavy (non-hydrogen) atoms. The van der Waals surface area contributed by atoms with Gasteiger partial charge in [0.1, 0.15) is 0 Å². The quantitative estimate of drug-likeness (QED) is 0.810. The van der Waals surface area contributed by atoms with E-state index in [0.717, 1.165) is 17.7 Å². The molecule has 1 aromatic heterocycles. The van der Waals surface area contributed by atoms with E-state index in [1.165, 1.54) is 0 Å². The first-order valence-electron chi connectivity index (χ1n) is 8.30. The molecule has 2 atom stereocenters. The zero-order chi connectivity index (χ0) is 17.6. The summed E-state index contributed by atoms with van der Waals surface area (Å²) < 4.78 is 25.8. The Kier molecular flexibility index (Phi) is 5.09. The van der Waals surface area contributed by atoms with Crippen LogP contribution in [0.3, 0.4) is 0 Å². The maximum atomic E-state index is 12.7. The summed E-state index contributed by atoms with van der Waals surface area (Å²) in [5, 5.41) is 10.3. The van der Waals surface area contributed by atoms with Gasteiger partial charge in [0.2, 0.25) is 5.91 Å². The van der Waals surface area contributed by atoms with Gasteiger partial charge in [0.15, 0.2) is 9.84 Å². The number of rotatable bonds is 3. The molecule has 1 amide bonds. The van der Waals surface area contributed by atoms with Crippen molar-refractivity contribution in [1.29, 1.82) is 0 Å². The van der Waals surface area contributed by atoms with E-state index in [-0.39, 0.29) is 35.9 Å². The van der Waals surface area contributed by atoms with Crippen LogP contribution < -0.4 is 10.6 Å². The first kappa shape index (κ1) is 18.9. The SMILES string of the molecule is Cl.Cn1cc([C@H]2CNC[C@@H]2C(=O)Nc2ccc3c(c2)S(=O)(=O)CC3)cn1. The van der Waals surface area contributed by atoms with Gasteiger partial charge in [-0.05, 0) is 29.7 Å². The van der Waals surface area contributed by atoms with Gasteiger partial charge >= 0.3 is 0 Å². The fourth-order valence-electron chi connectivity index (χ4n) is 3.65. The molecule has 2 aromatic rings. The molecule has 3 heterocycles. The summed E-state index contributed by atoms with van der Waals surface area (Å²) in [6, 6.07) is 5.15. The van der Waals surface area contributed by atoms with E-state index in [0.29, 0.717) is 23.5 Å². The van der Waals surface area contributed by atoms with E-state index < -0.39 is 9.84 Å². The third kappa shape index (κ3) is 3.36. The van der Waals surface area contributed by atoms with Crippen molar-refractivity contribution in [3.05, 3.63) is 41.7 Å². The van der Waals surface area contributed by atoms with Crippen LogP contribution in [0.5, 0.6) is 0 Å². The van der Waals surface area contributed by atoms with E-state index in [4.69, 9.17) is 0 Å². The standard InChI is InChI=1S/C17H20N4O3S.ClH/c1-21-10-12(7-19-21)14-8-18-9-15(14)17(22)20-13-3-2-11-4-5-25(23,24)16(11)6-13;/h2-3,6-7,10,14-15,18H,4-5,8-9H2,1H3,(H,20,22);1H/t14-,15+;/m1./s1.